The fraction of sp³-hybridized carbons (Fsp3) is 0.278. The third kappa shape index (κ3) is 5.21. The predicted octanol–water partition coefficient (Wildman–Crippen LogP) is 5.52. The number of benzene rings is 2. The van der Waals surface area contributed by atoms with Crippen LogP contribution < -0.4 is 14.8 Å². The molecule has 0 saturated heterocycles. The molecule has 0 aliphatic carbocycles. The Kier molecular flexibility index (Phi) is 7.29. The minimum absolute atomic E-state index is 0.123. The summed E-state index contributed by atoms with van der Waals surface area (Å²) >= 11 is 13.5. The lowest BCUT2D eigenvalue weighted by Crippen LogP contribution is -2.24. The van der Waals surface area contributed by atoms with Crippen LogP contribution in [0.2, 0.25) is 10.0 Å². The molecule has 0 radical (unpaired) electrons. The van der Waals surface area contributed by atoms with Gasteiger partial charge in [0.25, 0.3) is 0 Å². The van der Waals surface area contributed by atoms with Gasteiger partial charge in [-0.3, -0.25) is 4.79 Å². The molecule has 4 nitrogen and oxygen atoms in total. The Balaban J connectivity index is 2.16. The molecule has 1 unspecified atom stereocenters. The van der Waals surface area contributed by atoms with Crippen LogP contribution in [0, 0.1) is 0 Å². The molecule has 2 aromatic rings. The van der Waals surface area contributed by atoms with E-state index in [1.807, 2.05) is 19.1 Å². The molecule has 0 aliphatic rings. The molecular formula is C18H19Cl2NO3S. The molecule has 1 atom stereocenters. The van der Waals surface area contributed by atoms with Gasteiger partial charge in [-0.25, -0.2) is 0 Å². The first-order valence-electron chi connectivity index (χ1n) is 7.63. The van der Waals surface area contributed by atoms with E-state index >= 15 is 0 Å². The van der Waals surface area contributed by atoms with E-state index in [-0.39, 0.29) is 11.2 Å². The maximum Gasteiger partial charge on any atom is 0.237 e. The SMILES string of the molecule is CCC(Sc1ccc(Cl)cc1)C(=O)Nc1cc(Cl)c(OC)cc1OC. The lowest BCUT2D eigenvalue weighted by molar-refractivity contribution is -0.115. The summed E-state index contributed by atoms with van der Waals surface area (Å²) in [4.78, 5) is 13.6. The average molecular weight is 400 g/mol. The molecule has 0 bridgehead atoms. The van der Waals surface area contributed by atoms with Gasteiger partial charge in [0.05, 0.1) is 30.2 Å². The molecule has 7 heteroatoms. The number of methoxy groups -OCH3 is 2. The van der Waals surface area contributed by atoms with Crippen molar-refractivity contribution in [2.24, 2.45) is 0 Å². The van der Waals surface area contributed by atoms with Crippen molar-refractivity contribution in [2.75, 3.05) is 19.5 Å². The molecule has 1 N–H and O–H groups in total. The molecule has 0 heterocycles. The second-order valence-electron chi connectivity index (χ2n) is 5.14. The first-order valence-corrected chi connectivity index (χ1v) is 9.26. The highest BCUT2D eigenvalue weighted by atomic mass is 35.5. The number of ether oxygens (including phenoxy) is 2. The third-order valence-corrected chi connectivity index (χ3v) is 5.41. The molecule has 0 spiro atoms. The zero-order valence-electron chi connectivity index (χ0n) is 14.1. The van der Waals surface area contributed by atoms with E-state index in [0.717, 1.165) is 4.90 Å². The van der Waals surface area contributed by atoms with E-state index in [4.69, 9.17) is 32.7 Å². The minimum atomic E-state index is -0.258. The van der Waals surface area contributed by atoms with E-state index in [1.165, 1.54) is 26.0 Å². The summed E-state index contributed by atoms with van der Waals surface area (Å²) in [6.45, 7) is 1.96. The number of halogens is 2. The van der Waals surface area contributed by atoms with Crippen LogP contribution >= 0.6 is 35.0 Å². The maximum absolute atomic E-state index is 12.7. The van der Waals surface area contributed by atoms with Crippen molar-refractivity contribution >= 4 is 46.6 Å². The summed E-state index contributed by atoms with van der Waals surface area (Å²) in [6.07, 6.45) is 0.672. The Bertz CT molecular complexity index is 738. The van der Waals surface area contributed by atoms with Crippen LogP contribution in [0.25, 0.3) is 0 Å². The smallest absolute Gasteiger partial charge is 0.237 e. The van der Waals surface area contributed by atoms with E-state index in [1.54, 1.807) is 24.3 Å². The van der Waals surface area contributed by atoms with Crippen LogP contribution in [-0.2, 0) is 4.79 Å². The topological polar surface area (TPSA) is 47.6 Å². The molecule has 0 aliphatic heterocycles. The van der Waals surface area contributed by atoms with Crippen molar-refractivity contribution in [1.29, 1.82) is 0 Å². The molecular weight excluding hydrogens is 381 g/mol. The Hall–Kier alpha value is -1.56. The molecule has 1 amide bonds. The van der Waals surface area contributed by atoms with E-state index in [0.29, 0.717) is 33.7 Å². The van der Waals surface area contributed by atoms with Gasteiger partial charge in [-0.15, -0.1) is 11.8 Å². The maximum atomic E-state index is 12.7. The summed E-state index contributed by atoms with van der Waals surface area (Å²) in [5, 5.41) is 3.69. The van der Waals surface area contributed by atoms with Gasteiger partial charge in [0.2, 0.25) is 5.91 Å². The van der Waals surface area contributed by atoms with Crippen molar-refractivity contribution in [3.63, 3.8) is 0 Å². The summed E-state index contributed by atoms with van der Waals surface area (Å²) in [6, 6.07) is 10.7. The number of carbonyl (C=O) groups is 1. The summed E-state index contributed by atoms with van der Waals surface area (Å²) in [7, 11) is 3.05. The Morgan fingerprint density at radius 2 is 1.76 bits per heavy atom. The Morgan fingerprint density at radius 3 is 2.32 bits per heavy atom. The highest BCUT2D eigenvalue weighted by Gasteiger charge is 2.20. The monoisotopic (exact) mass is 399 g/mol. The molecule has 134 valence electrons. The van der Waals surface area contributed by atoms with Gasteiger partial charge in [-0.1, -0.05) is 30.1 Å². The van der Waals surface area contributed by atoms with Gasteiger partial charge in [-0.2, -0.15) is 0 Å². The summed E-state index contributed by atoms with van der Waals surface area (Å²) in [5.74, 6) is 0.849. The van der Waals surface area contributed by atoms with Crippen LogP contribution in [0.15, 0.2) is 41.3 Å². The second-order valence-corrected chi connectivity index (χ2v) is 7.26. The van der Waals surface area contributed by atoms with Crippen LogP contribution in [0.3, 0.4) is 0 Å². The van der Waals surface area contributed by atoms with Gasteiger partial charge in [0.15, 0.2) is 0 Å². The largest absolute Gasteiger partial charge is 0.495 e. The normalized spacial score (nSPS) is 11.7. The Morgan fingerprint density at radius 1 is 1.12 bits per heavy atom. The quantitative estimate of drug-likeness (QED) is 0.622. The Labute approximate surface area is 161 Å². The predicted molar refractivity (Wildman–Crippen MR) is 105 cm³/mol. The van der Waals surface area contributed by atoms with Gasteiger partial charge >= 0.3 is 0 Å². The second kappa shape index (κ2) is 9.22. The van der Waals surface area contributed by atoms with Gasteiger partial charge in [-0.05, 0) is 36.8 Å². The van der Waals surface area contributed by atoms with Gasteiger partial charge in [0.1, 0.15) is 11.5 Å². The lowest BCUT2D eigenvalue weighted by atomic mass is 10.2. The van der Waals surface area contributed by atoms with E-state index in [2.05, 4.69) is 5.32 Å². The highest BCUT2D eigenvalue weighted by molar-refractivity contribution is 8.00. The third-order valence-electron chi connectivity index (χ3n) is 3.49. The molecule has 0 fully saturated rings. The number of nitrogens with one attached hydrogen (secondary N) is 1. The highest BCUT2D eigenvalue weighted by Crippen LogP contribution is 2.36. The van der Waals surface area contributed by atoms with Crippen molar-refractivity contribution in [3.05, 3.63) is 46.4 Å². The van der Waals surface area contributed by atoms with Gasteiger partial charge < -0.3 is 14.8 Å². The molecule has 2 aromatic carbocycles. The zero-order valence-corrected chi connectivity index (χ0v) is 16.5. The summed E-state index contributed by atoms with van der Waals surface area (Å²) < 4.78 is 10.5. The number of rotatable bonds is 7. The van der Waals surface area contributed by atoms with Crippen LogP contribution in [-0.4, -0.2) is 25.4 Å². The van der Waals surface area contributed by atoms with Crippen molar-refractivity contribution in [2.45, 2.75) is 23.5 Å². The zero-order chi connectivity index (χ0) is 18.4. The average Bonchev–Trinajstić information content (AvgIpc) is 2.61. The first kappa shape index (κ1) is 19.8. The lowest BCUT2D eigenvalue weighted by Gasteiger charge is -2.17. The van der Waals surface area contributed by atoms with Crippen molar-refractivity contribution < 1.29 is 14.3 Å². The van der Waals surface area contributed by atoms with Crippen LogP contribution in [0.4, 0.5) is 5.69 Å². The molecule has 0 aromatic heterocycles. The fourth-order valence-corrected chi connectivity index (χ4v) is 3.49. The van der Waals surface area contributed by atoms with Crippen LogP contribution in [0.5, 0.6) is 11.5 Å². The standard InChI is InChI=1S/C18H19Cl2NO3S/c1-4-17(25-12-7-5-11(19)6-8-12)18(22)21-14-9-13(20)15(23-2)10-16(14)24-3/h5-10,17H,4H2,1-3H3,(H,21,22). The number of carbonyl (C=O) groups excluding carboxylic acids is 1. The van der Waals surface area contributed by atoms with Crippen molar-refractivity contribution in [3.8, 4) is 11.5 Å². The van der Waals surface area contributed by atoms with Gasteiger partial charge in [0, 0.05) is 16.0 Å². The molecule has 2 rings (SSSR count). The molecule has 0 saturated carbocycles. The number of amides is 1. The van der Waals surface area contributed by atoms with E-state index in [9.17, 15) is 4.79 Å². The number of thioether (sulfide) groups is 1. The first-order chi connectivity index (χ1) is 12.0. The van der Waals surface area contributed by atoms with Crippen LogP contribution in [0.1, 0.15) is 13.3 Å². The minimum Gasteiger partial charge on any atom is -0.495 e. The molecule has 25 heavy (non-hydrogen) atoms. The van der Waals surface area contributed by atoms with E-state index < -0.39 is 0 Å². The number of hydrogen-bond acceptors (Lipinski definition) is 4. The fourth-order valence-electron chi connectivity index (χ4n) is 2.17. The number of hydrogen-bond donors (Lipinski definition) is 1. The van der Waals surface area contributed by atoms with Crippen molar-refractivity contribution in [1.82, 2.24) is 0 Å². The number of anilines is 1. The summed E-state index contributed by atoms with van der Waals surface area (Å²) in [5.41, 5.74) is 0.508.